The van der Waals surface area contributed by atoms with Crippen molar-refractivity contribution >= 4 is 17.7 Å². The molecule has 1 aromatic rings. The number of hydrogen-bond acceptors (Lipinski definition) is 5. The van der Waals surface area contributed by atoms with E-state index in [1.54, 1.807) is 0 Å². The molecule has 5 rings (SSSR count). The molecular weight excluding hydrogens is 430 g/mol. The van der Waals surface area contributed by atoms with E-state index in [4.69, 9.17) is 5.10 Å². The van der Waals surface area contributed by atoms with Gasteiger partial charge in [0.1, 0.15) is 0 Å². The normalized spacial score (nSPS) is 26.2. The summed E-state index contributed by atoms with van der Waals surface area (Å²) in [6, 6.07) is 0.457. The molecule has 3 fully saturated rings. The number of likely N-dealkylation sites (tertiary alicyclic amines) is 1. The second-order valence-corrected chi connectivity index (χ2v) is 11.9. The average molecular weight is 474 g/mol. The molecule has 2 aliphatic heterocycles. The summed E-state index contributed by atoms with van der Waals surface area (Å²) in [6.45, 7) is 8.39. The lowest BCUT2D eigenvalue weighted by molar-refractivity contribution is 0.0310. The van der Waals surface area contributed by atoms with E-state index in [1.807, 2.05) is 16.7 Å². The van der Waals surface area contributed by atoms with Crippen LogP contribution in [-0.4, -0.2) is 81.3 Å². The summed E-state index contributed by atoms with van der Waals surface area (Å²) in [7, 11) is 0. The smallest absolute Gasteiger partial charge is 0.274 e. The number of carbonyl (C=O) groups is 1. The van der Waals surface area contributed by atoms with Gasteiger partial charge < -0.3 is 10.2 Å². The number of fused-ring (bicyclic) bond motifs is 1. The van der Waals surface area contributed by atoms with E-state index in [2.05, 4.69) is 21.8 Å². The molecular formula is C26H43N5OS. The van der Waals surface area contributed by atoms with Gasteiger partial charge in [-0.15, -0.1) is 0 Å². The fourth-order valence-electron chi connectivity index (χ4n) is 6.73. The van der Waals surface area contributed by atoms with Gasteiger partial charge in [-0.1, -0.05) is 25.7 Å². The van der Waals surface area contributed by atoms with Gasteiger partial charge in [0.2, 0.25) is 0 Å². The van der Waals surface area contributed by atoms with Crippen LogP contribution in [-0.2, 0) is 19.4 Å². The third-order valence-corrected chi connectivity index (χ3v) is 9.62. The summed E-state index contributed by atoms with van der Waals surface area (Å²) < 4.78 is 2.11. The maximum Gasteiger partial charge on any atom is 0.274 e. The van der Waals surface area contributed by atoms with Crippen LogP contribution in [0.25, 0.3) is 0 Å². The van der Waals surface area contributed by atoms with Crippen molar-refractivity contribution in [2.24, 2.45) is 0 Å². The van der Waals surface area contributed by atoms with Gasteiger partial charge in [0.05, 0.1) is 0 Å². The SMILES string of the molecule is CCn1nc(C(=O)N2CCSCC2)c2c1CCC(NCC1(N3CCCCC3)CCCCC1)C2. The molecule has 1 amide bonds. The molecule has 1 N–H and O–H groups in total. The molecule has 1 atom stereocenters. The molecule has 0 radical (unpaired) electrons. The third kappa shape index (κ3) is 5.01. The standard InChI is InChI=1S/C26H43N5OS/c1-2-31-23-10-9-21(19-22(23)24(28-31)25(32)29-15-17-33-18-16-29)27-20-26(11-5-3-6-12-26)30-13-7-4-8-14-30/h21,27H,2-20H2,1H3. The molecule has 0 spiro atoms. The zero-order chi connectivity index (χ0) is 22.7. The zero-order valence-corrected chi connectivity index (χ0v) is 21.4. The van der Waals surface area contributed by atoms with Gasteiger partial charge in [0.15, 0.2) is 5.69 Å². The van der Waals surface area contributed by atoms with Gasteiger partial charge in [0, 0.05) is 60.5 Å². The summed E-state index contributed by atoms with van der Waals surface area (Å²) >= 11 is 1.95. The number of nitrogens with zero attached hydrogens (tertiary/aromatic N) is 4. The Hall–Kier alpha value is -1.05. The van der Waals surface area contributed by atoms with Crippen molar-refractivity contribution in [1.82, 2.24) is 24.9 Å². The molecule has 184 valence electrons. The first-order valence-electron chi connectivity index (χ1n) is 13.6. The maximum absolute atomic E-state index is 13.4. The fraction of sp³-hybridized carbons (Fsp3) is 0.846. The Morgan fingerprint density at radius 3 is 2.52 bits per heavy atom. The van der Waals surface area contributed by atoms with Crippen LogP contribution in [0.2, 0.25) is 0 Å². The average Bonchev–Trinajstić information content (AvgIpc) is 3.26. The van der Waals surface area contributed by atoms with E-state index in [-0.39, 0.29) is 5.91 Å². The number of piperidine rings is 1. The van der Waals surface area contributed by atoms with Crippen LogP contribution in [0, 0.1) is 0 Å². The van der Waals surface area contributed by atoms with Crippen LogP contribution in [0.1, 0.15) is 86.5 Å². The summed E-state index contributed by atoms with van der Waals surface area (Å²) in [5, 5.41) is 8.88. The Labute approximate surface area is 204 Å². The third-order valence-electron chi connectivity index (χ3n) is 8.68. The summed E-state index contributed by atoms with van der Waals surface area (Å²) in [4.78, 5) is 18.3. The largest absolute Gasteiger partial charge is 0.336 e. The molecule has 2 aliphatic carbocycles. The number of thioether (sulfide) groups is 1. The lowest BCUT2D eigenvalue weighted by atomic mass is 9.78. The first-order chi connectivity index (χ1) is 16.2. The highest BCUT2D eigenvalue weighted by Gasteiger charge is 2.39. The highest BCUT2D eigenvalue weighted by molar-refractivity contribution is 7.99. The quantitative estimate of drug-likeness (QED) is 0.682. The predicted octanol–water partition coefficient (Wildman–Crippen LogP) is 3.73. The molecule has 33 heavy (non-hydrogen) atoms. The van der Waals surface area contributed by atoms with E-state index in [0.717, 1.165) is 62.6 Å². The molecule has 1 saturated carbocycles. The van der Waals surface area contributed by atoms with Crippen LogP contribution < -0.4 is 5.32 Å². The number of rotatable bonds is 6. The minimum absolute atomic E-state index is 0.163. The minimum atomic E-state index is 0.163. The Morgan fingerprint density at radius 1 is 1.06 bits per heavy atom. The number of carbonyl (C=O) groups excluding carboxylic acids is 1. The lowest BCUT2D eigenvalue weighted by Gasteiger charge is -2.49. The zero-order valence-electron chi connectivity index (χ0n) is 20.6. The Bertz CT molecular complexity index is 806. The van der Waals surface area contributed by atoms with E-state index in [1.165, 1.54) is 75.7 Å². The van der Waals surface area contributed by atoms with Crippen molar-refractivity contribution in [2.45, 2.75) is 95.7 Å². The number of nitrogens with one attached hydrogen (secondary N) is 1. The first kappa shape index (κ1) is 23.7. The molecule has 7 heteroatoms. The van der Waals surface area contributed by atoms with Crippen molar-refractivity contribution in [1.29, 1.82) is 0 Å². The van der Waals surface area contributed by atoms with Gasteiger partial charge in [0.25, 0.3) is 5.91 Å². The predicted molar refractivity (Wildman–Crippen MR) is 136 cm³/mol. The van der Waals surface area contributed by atoms with Crippen LogP contribution >= 0.6 is 11.8 Å². The number of hydrogen-bond donors (Lipinski definition) is 1. The molecule has 1 unspecified atom stereocenters. The van der Waals surface area contributed by atoms with Gasteiger partial charge in [-0.25, -0.2) is 0 Å². The van der Waals surface area contributed by atoms with Gasteiger partial charge >= 0.3 is 0 Å². The van der Waals surface area contributed by atoms with Gasteiger partial charge in [-0.2, -0.15) is 16.9 Å². The number of aromatic nitrogens is 2. The molecule has 3 heterocycles. The van der Waals surface area contributed by atoms with Crippen molar-refractivity contribution < 1.29 is 4.79 Å². The van der Waals surface area contributed by atoms with E-state index < -0.39 is 0 Å². The molecule has 4 aliphatic rings. The van der Waals surface area contributed by atoms with Gasteiger partial charge in [-0.05, 0) is 65.0 Å². The Balaban J connectivity index is 1.30. The second kappa shape index (κ2) is 10.7. The van der Waals surface area contributed by atoms with E-state index in [9.17, 15) is 4.79 Å². The molecule has 0 aromatic carbocycles. The van der Waals surface area contributed by atoms with Crippen LogP contribution in [0.15, 0.2) is 0 Å². The number of amides is 1. The monoisotopic (exact) mass is 473 g/mol. The minimum Gasteiger partial charge on any atom is -0.336 e. The topological polar surface area (TPSA) is 53.4 Å². The molecule has 6 nitrogen and oxygen atoms in total. The van der Waals surface area contributed by atoms with Gasteiger partial charge in [-0.3, -0.25) is 14.4 Å². The summed E-state index contributed by atoms with van der Waals surface area (Å²) in [5.41, 5.74) is 3.65. The first-order valence-corrected chi connectivity index (χ1v) is 14.8. The highest BCUT2D eigenvalue weighted by Crippen LogP contribution is 2.36. The Kier molecular flexibility index (Phi) is 7.67. The Morgan fingerprint density at radius 2 is 1.79 bits per heavy atom. The van der Waals surface area contributed by atoms with E-state index in [0.29, 0.717) is 11.6 Å². The maximum atomic E-state index is 13.4. The molecule has 0 bridgehead atoms. The van der Waals surface area contributed by atoms with Crippen LogP contribution in [0.4, 0.5) is 0 Å². The summed E-state index contributed by atoms with van der Waals surface area (Å²) in [5.74, 6) is 2.26. The van der Waals surface area contributed by atoms with Crippen molar-refractivity contribution in [3.05, 3.63) is 17.0 Å². The second-order valence-electron chi connectivity index (χ2n) is 10.6. The van der Waals surface area contributed by atoms with Crippen molar-refractivity contribution in [2.75, 3.05) is 44.2 Å². The van der Waals surface area contributed by atoms with Crippen LogP contribution in [0.5, 0.6) is 0 Å². The van der Waals surface area contributed by atoms with Crippen molar-refractivity contribution in [3.63, 3.8) is 0 Å². The van der Waals surface area contributed by atoms with Crippen LogP contribution in [0.3, 0.4) is 0 Å². The van der Waals surface area contributed by atoms with Crippen molar-refractivity contribution in [3.8, 4) is 0 Å². The molecule has 1 aromatic heterocycles. The molecule has 2 saturated heterocycles. The van der Waals surface area contributed by atoms with E-state index >= 15 is 0 Å². The lowest BCUT2D eigenvalue weighted by Crippen LogP contribution is -2.59. The highest BCUT2D eigenvalue weighted by atomic mass is 32.2. The fourth-order valence-corrected chi connectivity index (χ4v) is 7.63. The summed E-state index contributed by atoms with van der Waals surface area (Å²) in [6.07, 6.45) is 14.1. The number of aryl methyl sites for hydroxylation is 1.